The first-order chi connectivity index (χ1) is 10.4. The lowest BCUT2D eigenvalue weighted by molar-refractivity contribution is -0.139. The summed E-state index contributed by atoms with van der Waals surface area (Å²) in [4.78, 5) is 29.5. The number of carboxylic acid groups (broad SMARTS) is 1. The summed E-state index contributed by atoms with van der Waals surface area (Å²) in [5, 5.41) is 14.6. The molecule has 5 nitrogen and oxygen atoms in total. The number of amides is 1. The van der Waals surface area contributed by atoms with E-state index in [0.29, 0.717) is 17.0 Å². The maximum Gasteiger partial charge on any atom is 0.326 e. The van der Waals surface area contributed by atoms with E-state index in [-0.39, 0.29) is 11.8 Å². The Morgan fingerprint density at radius 1 is 1.41 bits per heavy atom. The number of nitrogens with zero attached hydrogens (tertiary/aromatic N) is 1. The zero-order chi connectivity index (χ0) is 16.3. The molecule has 2 rings (SSSR count). The summed E-state index contributed by atoms with van der Waals surface area (Å²) in [7, 11) is 0. The van der Waals surface area contributed by atoms with Gasteiger partial charge in [0.25, 0.3) is 5.91 Å². The van der Waals surface area contributed by atoms with Crippen molar-refractivity contribution in [2.24, 2.45) is 5.92 Å². The van der Waals surface area contributed by atoms with E-state index in [0.717, 1.165) is 9.88 Å². The van der Waals surface area contributed by atoms with Crippen molar-refractivity contribution in [3.8, 4) is 9.88 Å². The van der Waals surface area contributed by atoms with Crippen LogP contribution in [0.4, 0.5) is 0 Å². The number of carbonyl (C=O) groups excluding carboxylic acids is 1. The van der Waals surface area contributed by atoms with Crippen LogP contribution in [0, 0.1) is 12.8 Å². The van der Waals surface area contributed by atoms with Crippen LogP contribution >= 0.6 is 22.7 Å². The standard InChI is InChI=1S/C15H18N2O3S2/c1-8(2)7-10(15(19)20)17-13(18)12-9(3)16-14(22-12)11-5-4-6-21-11/h4-6,8,10H,7H2,1-3H3,(H,17,18)(H,19,20). The highest BCUT2D eigenvalue weighted by Gasteiger charge is 2.24. The van der Waals surface area contributed by atoms with Crippen LogP contribution in [-0.4, -0.2) is 28.0 Å². The molecule has 2 N–H and O–H groups in total. The van der Waals surface area contributed by atoms with Crippen molar-refractivity contribution in [3.05, 3.63) is 28.1 Å². The molecule has 0 saturated carbocycles. The molecular weight excluding hydrogens is 320 g/mol. The number of nitrogens with one attached hydrogen (secondary N) is 1. The Morgan fingerprint density at radius 3 is 2.68 bits per heavy atom. The molecule has 2 heterocycles. The molecule has 0 aliphatic heterocycles. The van der Waals surface area contributed by atoms with Gasteiger partial charge in [-0.2, -0.15) is 0 Å². The van der Waals surface area contributed by atoms with Crippen molar-refractivity contribution in [2.75, 3.05) is 0 Å². The number of aryl methyl sites for hydroxylation is 1. The first kappa shape index (κ1) is 16.6. The van der Waals surface area contributed by atoms with Gasteiger partial charge >= 0.3 is 5.97 Å². The number of aliphatic carboxylic acids is 1. The van der Waals surface area contributed by atoms with E-state index < -0.39 is 12.0 Å². The Hall–Kier alpha value is -1.73. The van der Waals surface area contributed by atoms with Gasteiger partial charge in [-0.1, -0.05) is 19.9 Å². The molecule has 0 fully saturated rings. The van der Waals surface area contributed by atoms with Crippen LogP contribution in [0.5, 0.6) is 0 Å². The molecule has 0 bridgehead atoms. The quantitative estimate of drug-likeness (QED) is 0.846. The third-order valence-corrected chi connectivity index (χ3v) is 5.24. The van der Waals surface area contributed by atoms with Crippen molar-refractivity contribution >= 4 is 34.6 Å². The van der Waals surface area contributed by atoms with Gasteiger partial charge in [-0.05, 0) is 30.7 Å². The molecule has 0 aliphatic carbocycles. The van der Waals surface area contributed by atoms with Crippen molar-refractivity contribution in [1.29, 1.82) is 0 Å². The molecule has 1 atom stereocenters. The predicted molar refractivity (Wildman–Crippen MR) is 88.5 cm³/mol. The summed E-state index contributed by atoms with van der Waals surface area (Å²) in [5.41, 5.74) is 0.625. The Labute approximate surface area is 137 Å². The normalized spacial score (nSPS) is 12.4. The van der Waals surface area contributed by atoms with Crippen LogP contribution in [0.15, 0.2) is 17.5 Å². The fourth-order valence-corrected chi connectivity index (χ4v) is 3.80. The topological polar surface area (TPSA) is 79.3 Å². The second-order valence-electron chi connectivity index (χ2n) is 5.40. The number of carbonyl (C=O) groups is 2. The third kappa shape index (κ3) is 3.92. The number of carboxylic acids is 1. The van der Waals surface area contributed by atoms with Gasteiger partial charge in [0.2, 0.25) is 0 Å². The molecule has 0 spiro atoms. The number of aromatic nitrogens is 1. The minimum Gasteiger partial charge on any atom is -0.480 e. The molecule has 7 heteroatoms. The van der Waals surface area contributed by atoms with Gasteiger partial charge in [-0.15, -0.1) is 22.7 Å². The summed E-state index contributed by atoms with van der Waals surface area (Å²) in [6.07, 6.45) is 0.400. The number of thiazole rings is 1. The fraction of sp³-hybridized carbons (Fsp3) is 0.400. The van der Waals surface area contributed by atoms with Gasteiger partial charge in [0.05, 0.1) is 10.6 Å². The molecular formula is C15H18N2O3S2. The SMILES string of the molecule is Cc1nc(-c2cccs2)sc1C(=O)NC(CC(C)C)C(=O)O. The molecule has 118 valence electrons. The molecule has 0 saturated heterocycles. The lowest BCUT2D eigenvalue weighted by Gasteiger charge is -2.15. The zero-order valence-electron chi connectivity index (χ0n) is 12.6. The number of rotatable bonds is 6. The van der Waals surface area contributed by atoms with Crippen molar-refractivity contribution in [3.63, 3.8) is 0 Å². The van der Waals surface area contributed by atoms with Gasteiger partial charge < -0.3 is 10.4 Å². The molecule has 2 aromatic rings. The Balaban J connectivity index is 2.17. The monoisotopic (exact) mass is 338 g/mol. The molecule has 0 aromatic carbocycles. The number of thiophene rings is 1. The second kappa shape index (κ2) is 7.02. The van der Waals surface area contributed by atoms with E-state index in [4.69, 9.17) is 0 Å². The van der Waals surface area contributed by atoms with Crippen LogP contribution in [0.3, 0.4) is 0 Å². The fourth-order valence-electron chi connectivity index (χ4n) is 2.03. The van der Waals surface area contributed by atoms with Crippen molar-refractivity contribution < 1.29 is 14.7 Å². The lowest BCUT2D eigenvalue weighted by atomic mass is 10.0. The average molecular weight is 338 g/mol. The zero-order valence-corrected chi connectivity index (χ0v) is 14.3. The van der Waals surface area contributed by atoms with E-state index in [1.165, 1.54) is 11.3 Å². The Bertz CT molecular complexity index is 662. The average Bonchev–Trinajstić information content (AvgIpc) is 3.05. The summed E-state index contributed by atoms with van der Waals surface area (Å²) >= 11 is 2.85. The van der Waals surface area contributed by atoms with E-state index in [9.17, 15) is 14.7 Å². The van der Waals surface area contributed by atoms with Gasteiger partial charge in [0, 0.05) is 0 Å². The summed E-state index contributed by atoms with van der Waals surface area (Å²) in [5.74, 6) is -1.20. The third-order valence-electron chi connectivity index (χ3n) is 3.05. The Kier molecular flexibility index (Phi) is 5.31. The molecule has 0 aliphatic rings. The highest BCUT2D eigenvalue weighted by atomic mass is 32.1. The smallest absolute Gasteiger partial charge is 0.326 e. The minimum absolute atomic E-state index is 0.186. The maximum atomic E-state index is 12.3. The van der Waals surface area contributed by atoms with Crippen LogP contribution in [-0.2, 0) is 4.79 Å². The predicted octanol–water partition coefficient (Wildman–Crippen LogP) is 3.41. The van der Waals surface area contributed by atoms with Gasteiger partial charge in [-0.25, -0.2) is 9.78 Å². The highest BCUT2D eigenvalue weighted by Crippen LogP contribution is 2.31. The summed E-state index contributed by atoms with van der Waals surface area (Å²) < 4.78 is 0. The molecule has 1 unspecified atom stereocenters. The van der Waals surface area contributed by atoms with Gasteiger partial charge in [0.1, 0.15) is 15.9 Å². The first-order valence-electron chi connectivity index (χ1n) is 6.93. The minimum atomic E-state index is -1.01. The van der Waals surface area contributed by atoms with Crippen LogP contribution < -0.4 is 5.32 Å². The Morgan fingerprint density at radius 2 is 2.14 bits per heavy atom. The largest absolute Gasteiger partial charge is 0.480 e. The van der Waals surface area contributed by atoms with Crippen LogP contribution in [0.1, 0.15) is 35.6 Å². The van der Waals surface area contributed by atoms with Crippen molar-refractivity contribution in [1.82, 2.24) is 10.3 Å². The van der Waals surface area contributed by atoms with E-state index in [2.05, 4.69) is 10.3 Å². The first-order valence-corrected chi connectivity index (χ1v) is 8.63. The van der Waals surface area contributed by atoms with Crippen LogP contribution in [0.25, 0.3) is 9.88 Å². The molecule has 22 heavy (non-hydrogen) atoms. The van der Waals surface area contributed by atoms with E-state index in [1.54, 1.807) is 18.3 Å². The summed E-state index contributed by atoms with van der Waals surface area (Å²) in [6.45, 7) is 5.62. The van der Waals surface area contributed by atoms with Crippen molar-refractivity contribution in [2.45, 2.75) is 33.2 Å². The molecule has 1 amide bonds. The van der Waals surface area contributed by atoms with E-state index in [1.807, 2.05) is 31.4 Å². The number of hydrogen-bond acceptors (Lipinski definition) is 5. The lowest BCUT2D eigenvalue weighted by Crippen LogP contribution is -2.41. The molecule has 0 radical (unpaired) electrons. The van der Waals surface area contributed by atoms with Gasteiger partial charge in [0.15, 0.2) is 0 Å². The van der Waals surface area contributed by atoms with Crippen LogP contribution in [0.2, 0.25) is 0 Å². The summed E-state index contributed by atoms with van der Waals surface area (Å²) in [6, 6.07) is 3.00. The maximum absolute atomic E-state index is 12.3. The number of hydrogen-bond donors (Lipinski definition) is 2. The molecule has 2 aromatic heterocycles. The second-order valence-corrected chi connectivity index (χ2v) is 7.35. The van der Waals surface area contributed by atoms with Gasteiger partial charge in [-0.3, -0.25) is 4.79 Å². The highest BCUT2D eigenvalue weighted by molar-refractivity contribution is 7.22. The van der Waals surface area contributed by atoms with E-state index >= 15 is 0 Å².